The molecule has 0 unspecified atom stereocenters. The molecule has 0 fully saturated rings. The second-order valence-corrected chi connectivity index (χ2v) is 1.80. The van der Waals surface area contributed by atoms with Crippen molar-refractivity contribution >= 4 is 0 Å². The molecule has 1 rings (SSSR count). The molecular weight excluding hydrogens is 104 g/mol. The summed E-state index contributed by atoms with van der Waals surface area (Å²) < 4.78 is 0. The van der Waals surface area contributed by atoms with E-state index in [2.05, 4.69) is 17.4 Å². The van der Waals surface area contributed by atoms with E-state index in [-0.39, 0.29) is 0 Å². The minimum absolute atomic E-state index is 0.830. The van der Waals surface area contributed by atoms with Crippen LogP contribution in [0.25, 0.3) is 0 Å². The van der Waals surface area contributed by atoms with E-state index in [9.17, 15) is 0 Å². The zero-order valence-electron chi connectivity index (χ0n) is 5.20. The summed E-state index contributed by atoms with van der Waals surface area (Å²) in [6, 6.07) is 0. The summed E-state index contributed by atoms with van der Waals surface area (Å²) in [6.07, 6.45) is 0. The van der Waals surface area contributed by atoms with E-state index in [0.29, 0.717) is 0 Å². The van der Waals surface area contributed by atoms with Crippen molar-refractivity contribution in [2.45, 2.75) is 6.92 Å². The fraction of sp³-hybridized carbons (Fsp3) is 1.00. The molecule has 0 N–H and O–H groups in total. The van der Waals surface area contributed by atoms with Gasteiger partial charge in [0.25, 0.3) is 0 Å². The fourth-order valence-electron chi connectivity index (χ4n) is 0.581. The van der Waals surface area contributed by atoms with E-state index in [0.717, 1.165) is 13.2 Å². The highest BCUT2D eigenvalue weighted by atomic mass is 15.8. The Labute approximate surface area is 48.7 Å². The van der Waals surface area contributed by atoms with E-state index in [1.807, 2.05) is 12.1 Å². The van der Waals surface area contributed by atoms with Crippen molar-refractivity contribution in [1.29, 1.82) is 0 Å². The normalized spacial score (nSPS) is 18.2. The van der Waals surface area contributed by atoms with Crippen LogP contribution >= 0.6 is 0 Å². The molecule has 0 aromatic rings. The molecule has 0 amide bonds. The molecule has 4 nitrogen and oxygen atoms in total. The molecule has 0 spiro atoms. The predicted molar refractivity (Wildman–Crippen MR) is 29.9 cm³/mol. The van der Waals surface area contributed by atoms with Gasteiger partial charge in [-0.15, -0.1) is 0 Å². The monoisotopic (exact) mass is 114 g/mol. The third-order valence-electron chi connectivity index (χ3n) is 1.05. The highest BCUT2D eigenvalue weighted by Gasteiger charge is 2.06. The van der Waals surface area contributed by atoms with Gasteiger partial charge < -0.3 is 0 Å². The van der Waals surface area contributed by atoms with E-state index in [4.69, 9.17) is 0 Å². The Bertz CT molecular complexity index is 100. The van der Waals surface area contributed by atoms with Crippen molar-refractivity contribution in [1.82, 2.24) is 10.0 Å². The Morgan fingerprint density at radius 1 is 1.50 bits per heavy atom. The van der Waals surface area contributed by atoms with Gasteiger partial charge in [-0.2, -0.15) is 0 Å². The highest BCUT2D eigenvalue weighted by Crippen LogP contribution is 2.01. The molecule has 0 saturated heterocycles. The van der Waals surface area contributed by atoms with Gasteiger partial charge in [0, 0.05) is 13.6 Å². The first kappa shape index (κ1) is 5.34. The minimum atomic E-state index is 0.830. The molecule has 0 radical (unpaired) electrons. The largest absolute Gasteiger partial charge is 0.259 e. The summed E-state index contributed by atoms with van der Waals surface area (Å²) in [7, 11) is 1.90. The van der Waals surface area contributed by atoms with Gasteiger partial charge in [0.1, 0.15) is 6.67 Å². The third-order valence-corrected chi connectivity index (χ3v) is 1.05. The summed E-state index contributed by atoms with van der Waals surface area (Å²) in [4.78, 5) is 0. The molecule has 8 heavy (non-hydrogen) atoms. The van der Waals surface area contributed by atoms with Crippen LogP contribution in [-0.4, -0.2) is 30.3 Å². The van der Waals surface area contributed by atoms with E-state index in [1.165, 1.54) is 0 Å². The first-order valence-corrected chi connectivity index (χ1v) is 2.70. The van der Waals surface area contributed by atoms with Crippen LogP contribution in [0.3, 0.4) is 0 Å². The molecule has 0 aromatic heterocycles. The Morgan fingerprint density at radius 2 is 2.25 bits per heavy atom. The van der Waals surface area contributed by atoms with Crippen molar-refractivity contribution in [3.8, 4) is 0 Å². The SMILES string of the molecule is CCN1CN(C)N=N1. The summed E-state index contributed by atoms with van der Waals surface area (Å²) in [5.74, 6) is 0. The van der Waals surface area contributed by atoms with Gasteiger partial charge in [0.2, 0.25) is 0 Å². The van der Waals surface area contributed by atoms with Gasteiger partial charge in [-0.1, -0.05) is 10.4 Å². The van der Waals surface area contributed by atoms with Crippen LogP contribution in [0, 0.1) is 0 Å². The molecule has 1 aliphatic heterocycles. The van der Waals surface area contributed by atoms with Gasteiger partial charge in [0.05, 0.1) is 0 Å². The van der Waals surface area contributed by atoms with Gasteiger partial charge in [0.15, 0.2) is 0 Å². The van der Waals surface area contributed by atoms with Crippen LogP contribution in [0.4, 0.5) is 0 Å². The standard InChI is InChI=1S/C4H10N4/c1-3-8-4-7(2)5-6-8/h3-4H2,1-2H3. The number of rotatable bonds is 1. The quantitative estimate of drug-likeness (QED) is 0.497. The Kier molecular flexibility index (Phi) is 1.32. The average molecular weight is 114 g/mol. The van der Waals surface area contributed by atoms with E-state index < -0.39 is 0 Å². The molecule has 0 atom stereocenters. The van der Waals surface area contributed by atoms with Crippen LogP contribution in [0.15, 0.2) is 10.4 Å². The highest BCUT2D eigenvalue weighted by molar-refractivity contribution is 4.47. The maximum atomic E-state index is 3.82. The van der Waals surface area contributed by atoms with Crippen LogP contribution in [0.1, 0.15) is 6.92 Å². The van der Waals surface area contributed by atoms with Crippen LogP contribution < -0.4 is 0 Å². The predicted octanol–water partition coefficient (Wildman–Crippen LogP) is 0.493. The van der Waals surface area contributed by atoms with E-state index >= 15 is 0 Å². The fourth-order valence-corrected chi connectivity index (χ4v) is 0.581. The summed E-state index contributed by atoms with van der Waals surface area (Å²) in [5, 5.41) is 11.3. The second kappa shape index (κ2) is 1.98. The number of hydrogen-bond acceptors (Lipinski definition) is 4. The van der Waals surface area contributed by atoms with Crippen LogP contribution in [0.2, 0.25) is 0 Å². The van der Waals surface area contributed by atoms with Crippen molar-refractivity contribution < 1.29 is 0 Å². The molecule has 0 saturated carbocycles. The second-order valence-electron chi connectivity index (χ2n) is 1.80. The summed E-state index contributed by atoms with van der Waals surface area (Å²) >= 11 is 0. The van der Waals surface area contributed by atoms with Crippen LogP contribution in [-0.2, 0) is 0 Å². The molecule has 0 aliphatic carbocycles. The smallest absolute Gasteiger partial charge is 0.126 e. The van der Waals surface area contributed by atoms with Crippen molar-refractivity contribution in [3.63, 3.8) is 0 Å². The van der Waals surface area contributed by atoms with Crippen molar-refractivity contribution in [2.75, 3.05) is 20.3 Å². The minimum Gasteiger partial charge on any atom is -0.259 e. The molecule has 4 heteroatoms. The maximum absolute atomic E-state index is 3.82. The number of hydrogen-bond donors (Lipinski definition) is 0. The average Bonchev–Trinajstić information content (AvgIpc) is 2.14. The lowest BCUT2D eigenvalue weighted by atomic mass is 10.7. The lowest BCUT2D eigenvalue weighted by molar-refractivity contribution is 0.249. The Morgan fingerprint density at radius 3 is 2.50 bits per heavy atom. The van der Waals surface area contributed by atoms with Gasteiger partial charge in [-0.3, -0.25) is 10.0 Å². The lowest BCUT2D eigenvalue weighted by Crippen LogP contribution is -2.21. The Balaban J connectivity index is 2.34. The van der Waals surface area contributed by atoms with Crippen LogP contribution in [0.5, 0.6) is 0 Å². The topological polar surface area (TPSA) is 31.2 Å². The maximum Gasteiger partial charge on any atom is 0.126 e. The lowest BCUT2D eigenvalue weighted by Gasteiger charge is -2.08. The first-order valence-electron chi connectivity index (χ1n) is 2.70. The first-order chi connectivity index (χ1) is 3.83. The summed E-state index contributed by atoms with van der Waals surface area (Å²) in [5.41, 5.74) is 0. The van der Waals surface area contributed by atoms with Gasteiger partial charge >= 0.3 is 0 Å². The van der Waals surface area contributed by atoms with E-state index in [1.54, 1.807) is 5.01 Å². The van der Waals surface area contributed by atoms with Gasteiger partial charge in [-0.05, 0) is 6.92 Å². The molecular formula is C4H10N4. The zero-order valence-corrected chi connectivity index (χ0v) is 5.20. The molecule has 0 aromatic carbocycles. The molecule has 0 bridgehead atoms. The third kappa shape index (κ3) is 0.882. The Hall–Kier alpha value is -0.800. The molecule has 1 aliphatic rings. The van der Waals surface area contributed by atoms with Crippen molar-refractivity contribution in [2.24, 2.45) is 10.4 Å². The zero-order chi connectivity index (χ0) is 5.98. The summed E-state index contributed by atoms with van der Waals surface area (Å²) in [6.45, 7) is 3.82. The molecule has 46 valence electrons. The molecule has 1 heterocycles. The van der Waals surface area contributed by atoms with Crippen molar-refractivity contribution in [3.05, 3.63) is 0 Å². The number of nitrogens with zero attached hydrogens (tertiary/aromatic N) is 4. The van der Waals surface area contributed by atoms with Gasteiger partial charge in [-0.25, -0.2) is 0 Å².